The van der Waals surface area contributed by atoms with Crippen molar-refractivity contribution in [1.29, 1.82) is 0 Å². The Morgan fingerprint density at radius 3 is 2.33 bits per heavy atom. The summed E-state index contributed by atoms with van der Waals surface area (Å²) >= 11 is 11.9. The molecule has 0 saturated heterocycles. The normalized spacial score (nSPS) is 14.8. The Bertz CT molecular complexity index is 969. The van der Waals surface area contributed by atoms with Gasteiger partial charge >= 0.3 is 5.97 Å². The molecule has 1 aliphatic rings. The second-order valence-corrected chi connectivity index (χ2v) is 6.20. The molecule has 0 radical (unpaired) electrons. The van der Waals surface area contributed by atoms with Crippen LogP contribution in [0.5, 0.6) is 17.2 Å². The smallest absolute Gasteiger partial charge is 0.363 e. The lowest BCUT2D eigenvalue weighted by molar-refractivity contribution is -0.129. The molecule has 0 fully saturated rings. The molecule has 8 heteroatoms. The summed E-state index contributed by atoms with van der Waals surface area (Å²) in [5, 5.41) is 0.739. The Morgan fingerprint density at radius 2 is 1.70 bits per heavy atom. The molecule has 1 aliphatic heterocycles. The van der Waals surface area contributed by atoms with Crippen molar-refractivity contribution in [3.05, 3.63) is 57.2 Å². The van der Waals surface area contributed by atoms with E-state index in [1.165, 1.54) is 21.3 Å². The van der Waals surface area contributed by atoms with E-state index in [4.69, 9.17) is 42.1 Å². The molecule has 140 valence electrons. The van der Waals surface area contributed by atoms with Crippen LogP contribution < -0.4 is 14.2 Å². The number of nitrogens with zero attached hydrogens (tertiary/aromatic N) is 1. The van der Waals surface area contributed by atoms with Crippen LogP contribution in [0.4, 0.5) is 0 Å². The Kier molecular flexibility index (Phi) is 5.58. The molecule has 1 heterocycles. The van der Waals surface area contributed by atoms with Crippen molar-refractivity contribution in [3.63, 3.8) is 0 Å². The first kappa shape index (κ1) is 19.1. The SMILES string of the molecule is COc1ccc(C=C2N=C(c3ccc(Cl)c(Cl)c3)OC2=O)c(OC)c1OC. The first-order valence-corrected chi connectivity index (χ1v) is 8.51. The van der Waals surface area contributed by atoms with Crippen LogP contribution in [0.3, 0.4) is 0 Å². The fourth-order valence-electron chi connectivity index (χ4n) is 2.55. The van der Waals surface area contributed by atoms with E-state index in [-0.39, 0.29) is 11.6 Å². The molecule has 0 atom stereocenters. The molecule has 0 aliphatic carbocycles. The zero-order valence-corrected chi connectivity index (χ0v) is 16.2. The van der Waals surface area contributed by atoms with E-state index in [9.17, 15) is 4.79 Å². The molecule has 0 amide bonds. The zero-order chi connectivity index (χ0) is 19.6. The van der Waals surface area contributed by atoms with E-state index in [0.717, 1.165) is 0 Å². The topological polar surface area (TPSA) is 66.4 Å². The predicted octanol–water partition coefficient (Wildman–Crippen LogP) is 4.36. The van der Waals surface area contributed by atoms with E-state index in [1.54, 1.807) is 36.4 Å². The lowest BCUT2D eigenvalue weighted by Crippen LogP contribution is -2.05. The van der Waals surface area contributed by atoms with Gasteiger partial charge in [0, 0.05) is 11.1 Å². The largest absolute Gasteiger partial charge is 0.493 e. The summed E-state index contributed by atoms with van der Waals surface area (Å²) < 4.78 is 21.3. The van der Waals surface area contributed by atoms with Crippen LogP contribution in [0.1, 0.15) is 11.1 Å². The number of hydrogen-bond acceptors (Lipinski definition) is 6. The average molecular weight is 408 g/mol. The third-order valence-electron chi connectivity index (χ3n) is 3.81. The van der Waals surface area contributed by atoms with Crippen molar-refractivity contribution in [1.82, 2.24) is 0 Å². The molecular weight excluding hydrogens is 393 g/mol. The number of carbonyl (C=O) groups excluding carboxylic acids is 1. The number of rotatable bonds is 5. The van der Waals surface area contributed by atoms with Crippen LogP contribution in [0.25, 0.3) is 6.08 Å². The molecule has 6 nitrogen and oxygen atoms in total. The Morgan fingerprint density at radius 1 is 0.963 bits per heavy atom. The molecular formula is C19H15Cl2NO5. The quantitative estimate of drug-likeness (QED) is 0.543. The molecule has 0 unspecified atom stereocenters. The predicted molar refractivity (Wildman–Crippen MR) is 103 cm³/mol. The van der Waals surface area contributed by atoms with E-state index < -0.39 is 5.97 Å². The van der Waals surface area contributed by atoms with Gasteiger partial charge in [0.15, 0.2) is 17.2 Å². The number of halogens is 2. The number of carbonyl (C=O) groups is 1. The summed E-state index contributed by atoms with van der Waals surface area (Å²) in [7, 11) is 4.52. The average Bonchev–Trinajstić information content (AvgIpc) is 3.03. The molecule has 27 heavy (non-hydrogen) atoms. The van der Waals surface area contributed by atoms with Crippen LogP contribution in [0.15, 0.2) is 41.0 Å². The minimum atomic E-state index is -0.590. The molecule has 0 saturated carbocycles. The first-order chi connectivity index (χ1) is 13.0. The summed E-state index contributed by atoms with van der Waals surface area (Å²) in [4.78, 5) is 16.5. The van der Waals surface area contributed by atoms with E-state index >= 15 is 0 Å². The van der Waals surface area contributed by atoms with Crippen molar-refractivity contribution in [2.24, 2.45) is 4.99 Å². The standard InChI is InChI=1S/C19H15Cl2NO5/c1-24-15-7-5-10(16(25-2)17(15)26-3)9-14-19(23)27-18(22-14)11-4-6-12(20)13(21)8-11/h4-9H,1-3H3. The summed E-state index contributed by atoms with van der Waals surface area (Å²) in [6.45, 7) is 0. The van der Waals surface area contributed by atoms with Gasteiger partial charge in [0.25, 0.3) is 0 Å². The van der Waals surface area contributed by atoms with E-state index in [1.807, 2.05) is 0 Å². The minimum Gasteiger partial charge on any atom is -0.493 e. The number of benzene rings is 2. The molecule has 0 spiro atoms. The van der Waals surface area contributed by atoms with Crippen LogP contribution in [-0.4, -0.2) is 33.2 Å². The fourth-order valence-corrected chi connectivity index (χ4v) is 2.85. The second kappa shape index (κ2) is 7.90. The lowest BCUT2D eigenvalue weighted by Gasteiger charge is -2.14. The number of ether oxygens (including phenoxy) is 4. The highest BCUT2D eigenvalue weighted by atomic mass is 35.5. The number of methoxy groups -OCH3 is 3. The second-order valence-electron chi connectivity index (χ2n) is 5.39. The highest BCUT2D eigenvalue weighted by Crippen LogP contribution is 2.41. The molecule has 0 bridgehead atoms. The maximum atomic E-state index is 12.2. The third-order valence-corrected chi connectivity index (χ3v) is 4.55. The van der Waals surface area contributed by atoms with Gasteiger partial charge < -0.3 is 18.9 Å². The zero-order valence-electron chi connectivity index (χ0n) is 14.7. The number of aliphatic imine (C=N–C) groups is 1. The van der Waals surface area contributed by atoms with Crippen molar-refractivity contribution >= 4 is 41.1 Å². The van der Waals surface area contributed by atoms with Gasteiger partial charge in [0.05, 0.1) is 31.4 Å². The molecule has 0 N–H and O–H groups in total. The highest BCUT2D eigenvalue weighted by molar-refractivity contribution is 6.42. The van der Waals surface area contributed by atoms with Gasteiger partial charge in [-0.1, -0.05) is 23.2 Å². The third kappa shape index (κ3) is 3.72. The molecule has 2 aromatic rings. The number of esters is 1. The van der Waals surface area contributed by atoms with Crippen molar-refractivity contribution < 1.29 is 23.7 Å². The van der Waals surface area contributed by atoms with Crippen LogP contribution in [-0.2, 0) is 9.53 Å². The summed E-state index contributed by atoms with van der Waals surface area (Å²) in [5.41, 5.74) is 1.24. The van der Waals surface area contributed by atoms with Crippen molar-refractivity contribution in [2.75, 3.05) is 21.3 Å². The van der Waals surface area contributed by atoms with Gasteiger partial charge in [0.2, 0.25) is 11.6 Å². The summed E-state index contributed by atoms with van der Waals surface area (Å²) in [5.74, 6) is 0.882. The van der Waals surface area contributed by atoms with E-state index in [2.05, 4.69) is 4.99 Å². The summed E-state index contributed by atoms with van der Waals surface area (Å²) in [6, 6.07) is 8.29. The van der Waals surface area contributed by atoms with Gasteiger partial charge in [-0.2, -0.15) is 0 Å². The van der Waals surface area contributed by atoms with Crippen molar-refractivity contribution in [2.45, 2.75) is 0 Å². The van der Waals surface area contributed by atoms with Crippen LogP contribution >= 0.6 is 23.2 Å². The maximum Gasteiger partial charge on any atom is 0.363 e. The van der Waals surface area contributed by atoms with Gasteiger partial charge in [-0.3, -0.25) is 0 Å². The molecule has 2 aromatic carbocycles. The fraction of sp³-hybridized carbons (Fsp3) is 0.158. The maximum absolute atomic E-state index is 12.2. The van der Waals surface area contributed by atoms with Crippen molar-refractivity contribution in [3.8, 4) is 17.2 Å². The van der Waals surface area contributed by atoms with E-state index in [0.29, 0.717) is 38.4 Å². The minimum absolute atomic E-state index is 0.113. The Hall–Kier alpha value is -2.70. The molecule has 3 rings (SSSR count). The van der Waals surface area contributed by atoms with Crippen LogP contribution in [0.2, 0.25) is 10.0 Å². The Labute approximate surface area is 165 Å². The molecule has 0 aromatic heterocycles. The first-order valence-electron chi connectivity index (χ1n) is 7.75. The number of cyclic esters (lactones) is 1. The van der Waals surface area contributed by atoms with Gasteiger partial charge in [-0.15, -0.1) is 0 Å². The van der Waals surface area contributed by atoms with Gasteiger partial charge in [-0.25, -0.2) is 9.79 Å². The summed E-state index contributed by atoms with van der Waals surface area (Å²) in [6.07, 6.45) is 1.55. The van der Waals surface area contributed by atoms with Gasteiger partial charge in [0.1, 0.15) is 0 Å². The number of hydrogen-bond donors (Lipinski definition) is 0. The lowest BCUT2D eigenvalue weighted by atomic mass is 10.1. The monoisotopic (exact) mass is 407 g/mol. The Balaban J connectivity index is 2.03. The highest BCUT2D eigenvalue weighted by Gasteiger charge is 2.26. The van der Waals surface area contributed by atoms with Gasteiger partial charge in [-0.05, 0) is 36.4 Å². The van der Waals surface area contributed by atoms with Crippen LogP contribution in [0, 0.1) is 0 Å².